The molecular formula is C17H25N3. The fraction of sp³-hybridized carbons (Fsp3) is 0.588. The monoisotopic (exact) mass is 271 g/mol. The van der Waals surface area contributed by atoms with E-state index in [2.05, 4.69) is 62.1 Å². The lowest BCUT2D eigenvalue weighted by Gasteiger charge is -2.17. The Hall–Kier alpha value is -1.35. The first-order valence-corrected chi connectivity index (χ1v) is 7.68. The highest BCUT2D eigenvalue weighted by molar-refractivity contribution is 5.82. The first-order valence-electron chi connectivity index (χ1n) is 7.68. The Kier molecular flexibility index (Phi) is 3.33. The molecule has 3 nitrogen and oxygen atoms in total. The van der Waals surface area contributed by atoms with Gasteiger partial charge in [-0.2, -0.15) is 5.10 Å². The van der Waals surface area contributed by atoms with Crippen LogP contribution in [0.25, 0.3) is 10.9 Å². The number of rotatable bonds is 5. The standard InChI is InChI=1S/C17H25N3/c1-5-20-16-9-7-6-8-12(16)14(19-20)10-15(18-4)13-11-17(13,2)3/h6-9,13,15,18H,5,10-11H2,1-4H3. The molecule has 2 atom stereocenters. The number of likely N-dealkylation sites (N-methyl/N-ethyl adjacent to an activating group) is 1. The molecule has 0 aliphatic heterocycles. The zero-order valence-corrected chi connectivity index (χ0v) is 13.0. The van der Waals surface area contributed by atoms with Crippen LogP contribution < -0.4 is 5.32 Å². The largest absolute Gasteiger partial charge is 0.316 e. The molecule has 1 aromatic heterocycles. The van der Waals surface area contributed by atoms with Crippen molar-refractivity contribution in [1.82, 2.24) is 15.1 Å². The molecule has 1 aliphatic rings. The molecule has 0 saturated heterocycles. The summed E-state index contributed by atoms with van der Waals surface area (Å²) >= 11 is 0. The fourth-order valence-electron chi connectivity index (χ4n) is 3.44. The van der Waals surface area contributed by atoms with Crippen molar-refractivity contribution in [2.45, 2.75) is 46.2 Å². The predicted molar refractivity (Wildman–Crippen MR) is 83.8 cm³/mol. The molecular weight excluding hydrogens is 246 g/mol. The van der Waals surface area contributed by atoms with E-state index in [1.54, 1.807) is 0 Å². The summed E-state index contributed by atoms with van der Waals surface area (Å²) in [4.78, 5) is 0. The van der Waals surface area contributed by atoms with Gasteiger partial charge in [-0.3, -0.25) is 4.68 Å². The number of fused-ring (bicyclic) bond motifs is 1. The molecule has 1 saturated carbocycles. The van der Waals surface area contributed by atoms with Crippen molar-refractivity contribution >= 4 is 10.9 Å². The van der Waals surface area contributed by atoms with E-state index in [4.69, 9.17) is 5.10 Å². The van der Waals surface area contributed by atoms with Gasteiger partial charge in [0.25, 0.3) is 0 Å². The molecule has 3 rings (SSSR count). The van der Waals surface area contributed by atoms with Crippen molar-refractivity contribution in [2.75, 3.05) is 7.05 Å². The summed E-state index contributed by atoms with van der Waals surface area (Å²) in [5, 5.41) is 9.65. The lowest BCUT2D eigenvalue weighted by molar-refractivity contribution is 0.422. The summed E-state index contributed by atoms with van der Waals surface area (Å²) in [6.07, 6.45) is 2.35. The number of para-hydroxylation sites is 1. The highest BCUT2D eigenvalue weighted by Crippen LogP contribution is 2.54. The summed E-state index contributed by atoms with van der Waals surface area (Å²) in [5.41, 5.74) is 3.00. The summed E-state index contributed by atoms with van der Waals surface area (Å²) < 4.78 is 2.12. The molecule has 2 aromatic rings. The van der Waals surface area contributed by atoms with Crippen molar-refractivity contribution < 1.29 is 0 Å². The Bertz CT molecular complexity index is 612. The lowest BCUT2D eigenvalue weighted by Crippen LogP contribution is -2.31. The number of hydrogen-bond donors (Lipinski definition) is 1. The third-order valence-corrected chi connectivity index (χ3v) is 4.89. The van der Waals surface area contributed by atoms with Crippen LogP contribution in [-0.2, 0) is 13.0 Å². The van der Waals surface area contributed by atoms with Crippen molar-refractivity contribution in [1.29, 1.82) is 0 Å². The smallest absolute Gasteiger partial charge is 0.0718 e. The van der Waals surface area contributed by atoms with Gasteiger partial charge >= 0.3 is 0 Å². The van der Waals surface area contributed by atoms with E-state index in [-0.39, 0.29) is 0 Å². The van der Waals surface area contributed by atoms with E-state index < -0.39 is 0 Å². The highest BCUT2D eigenvalue weighted by Gasteiger charge is 2.49. The van der Waals surface area contributed by atoms with Crippen molar-refractivity contribution in [2.24, 2.45) is 11.3 Å². The second-order valence-electron chi connectivity index (χ2n) is 6.68. The van der Waals surface area contributed by atoms with Crippen LogP contribution in [0.2, 0.25) is 0 Å². The van der Waals surface area contributed by atoms with Gasteiger partial charge < -0.3 is 5.32 Å². The Morgan fingerprint density at radius 1 is 1.40 bits per heavy atom. The van der Waals surface area contributed by atoms with Gasteiger partial charge in [0.05, 0.1) is 11.2 Å². The summed E-state index contributed by atoms with van der Waals surface area (Å²) in [6.45, 7) is 7.82. The summed E-state index contributed by atoms with van der Waals surface area (Å²) in [5.74, 6) is 0.776. The van der Waals surface area contributed by atoms with Crippen LogP contribution in [0.5, 0.6) is 0 Å². The quantitative estimate of drug-likeness (QED) is 0.905. The Labute approximate surface area is 121 Å². The van der Waals surface area contributed by atoms with Gasteiger partial charge in [-0.05, 0) is 37.8 Å². The zero-order valence-electron chi connectivity index (χ0n) is 13.0. The molecule has 1 fully saturated rings. The van der Waals surface area contributed by atoms with Gasteiger partial charge in [-0.25, -0.2) is 0 Å². The van der Waals surface area contributed by atoms with Gasteiger partial charge in [-0.1, -0.05) is 32.0 Å². The van der Waals surface area contributed by atoms with Crippen LogP contribution in [0.4, 0.5) is 0 Å². The minimum Gasteiger partial charge on any atom is -0.316 e. The van der Waals surface area contributed by atoms with Crippen molar-refractivity contribution in [3.05, 3.63) is 30.0 Å². The molecule has 20 heavy (non-hydrogen) atoms. The SMILES string of the molecule is CCn1nc(CC(NC)C2CC2(C)C)c2ccccc21. The topological polar surface area (TPSA) is 29.9 Å². The average molecular weight is 271 g/mol. The van der Waals surface area contributed by atoms with Crippen molar-refractivity contribution in [3.63, 3.8) is 0 Å². The Morgan fingerprint density at radius 3 is 2.70 bits per heavy atom. The first kappa shape index (κ1) is 13.6. The Morgan fingerprint density at radius 2 is 2.10 bits per heavy atom. The van der Waals surface area contributed by atoms with E-state index in [0.29, 0.717) is 11.5 Å². The molecule has 3 heteroatoms. The minimum atomic E-state index is 0.497. The fourth-order valence-corrected chi connectivity index (χ4v) is 3.44. The number of nitrogens with one attached hydrogen (secondary N) is 1. The lowest BCUT2D eigenvalue weighted by atomic mass is 9.99. The van der Waals surface area contributed by atoms with E-state index in [0.717, 1.165) is 18.9 Å². The highest BCUT2D eigenvalue weighted by atomic mass is 15.3. The maximum Gasteiger partial charge on any atom is 0.0718 e. The average Bonchev–Trinajstić information content (AvgIpc) is 2.94. The predicted octanol–water partition coefficient (Wildman–Crippen LogP) is 3.23. The van der Waals surface area contributed by atoms with Gasteiger partial charge in [0.15, 0.2) is 0 Å². The molecule has 0 spiro atoms. The van der Waals surface area contributed by atoms with Crippen LogP contribution in [0.15, 0.2) is 24.3 Å². The number of benzene rings is 1. The first-order chi connectivity index (χ1) is 9.56. The number of aromatic nitrogens is 2. The van der Waals surface area contributed by atoms with E-state index >= 15 is 0 Å². The number of nitrogens with zero attached hydrogens (tertiary/aromatic N) is 2. The third kappa shape index (κ3) is 2.24. The zero-order chi connectivity index (χ0) is 14.3. The molecule has 1 N–H and O–H groups in total. The van der Waals surface area contributed by atoms with Crippen LogP contribution >= 0.6 is 0 Å². The normalized spacial score (nSPS) is 22.1. The van der Waals surface area contributed by atoms with Gasteiger partial charge in [0.1, 0.15) is 0 Å². The number of hydrogen-bond acceptors (Lipinski definition) is 2. The third-order valence-electron chi connectivity index (χ3n) is 4.89. The molecule has 1 aliphatic carbocycles. The minimum absolute atomic E-state index is 0.497. The van der Waals surface area contributed by atoms with Crippen LogP contribution in [0.3, 0.4) is 0 Å². The second kappa shape index (κ2) is 4.88. The summed E-state index contributed by atoms with van der Waals surface area (Å²) in [7, 11) is 2.08. The molecule has 1 heterocycles. The molecule has 2 unspecified atom stereocenters. The second-order valence-corrected chi connectivity index (χ2v) is 6.68. The van der Waals surface area contributed by atoms with E-state index in [9.17, 15) is 0 Å². The molecule has 0 bridgehead atoms. The van der Waals surface area contributed by atoms with Crippen LogP contribution in [0, 0.1) is 11.3 Å². The van der Waals surface area contributed by atoms with Gasteiger partial charge in [0, 0.05) is 24.4 Å². The van der Waals surface area contributed by atoms with Gasteiger partial charge in [-0.15, -0.1) is 0 Å². The number of aryl methyl sites for hydroxylation is 1. The molecule has 0 radical (unpaired) electrons. The van der Waals surface area contributed by atoms with E-state index in [1.807, 2.05) is 0 Å². The molecule has 0 amide bonds. The Balaban J connectivity index is 1.90. The van der Waals surface area contributed by atoms with E-state index in [1.165, 1.54) is 23.0 Å². The maximum atomic E-state index is 4.83. The summed E-state index contributed by atoms with van der Waals surface area (Å²) in [6, 6.07) is 9.12. The van der Waals surface area contributed by atoms with Crippen LogP contribution in [-0.4, -0.2) is 22.9 Å². The van der Waals surface area contributed by atoms with Crippen molar-refractivity contribution in [3.8, 4) is 0 Å². The molecule has 1 aromatic carbocycles. The molecule has 108 valence electrons. The maximum absolute atomic E-state index is 4.83. The van der Waals surface area contributed by atoms with Gasteiger partial charge in [0.2, 0.25) is 0 Å². The van der Waals surface area contributed by atoms with Crippen LogP contribution in [0.1, 0.15) is 32.9 Å².